The van der Waals surface area contributed by atoms with Gasteiger partial charge in [-0.3, -0.25) is 8.97 Å². The maximum atomic E-state index is 5.18. The summed E-state index contributed by atoms with van der Waals surface area (Å²) in [5.41, 5.74) is 12.0. The first-order chi connectivity index (χ1) is 18.5. The summed E-state index contributed by atoms with van der Waals surface area (Å²) in [5.74, 6) is 2.35. The van der Waals surface area contributed by atoms with Crippen molar-refractivity contribution < 1.29 is 0 Å². The number of hydrogen-bond donors (Lipinski definition) is 0. The van der Waals surface area contributed by atoms with Crippen LogP contribution in [0.5, 0.6) is 0 Å². The second-order valence-corrected chi connectivity index (χ2v) is 10.1. The van der Waals surface area contributed by atoms with Crippen LogP contribution in [0.2, 0.25) is 0 Å². The molecule has 0 aliphatic rings. The zero-order valence-electron chi connectivity index (χ0n) is 21.9. The fourth-order valence-corrected chi connectivity index (χ4v) is 5.55. The molecule has 0 fully saturated rings. The highest BCUT2D eigenvalue weighted by Gasteiger charge is 2.20. The molecule has 0 aliphatic heterocycles. The van der Waals surface area contributed by atoms with Gasteiger partial charge in [-0.25, -0.2) is 15.0 Å². The smallest absolute Gasteiger partial charge is 0.221 e. The van der Waals surface area contributed by atoms with Crippen molar-refractivity contribution in [3.05, 3.63) is 113 Å². The van der Waals surface area contributed by atoms with Gasteiger partial charge in [0.1, 0.15) is 5.82 Å². The second kappa shape index (κ2) is 8.38. The van der Waals surface area contributed by atoms with Gasteiger partial charge in [-0.15, -0.1) is 0 Å². The highest BCUT2D eigenvalue weighted by molar-refractivity contribution is 5.92. The minimum absolute atomic E-state index is 0.710. The van der Waals surface area contributed by atoms with E-state index in [2.05, 4.69) is 122 Å². The van der Waals surface area contributed by atoms with E-state index < -0.39 is 0 Å². The Morgan fingerprint density at radius 3 is 1.89 bits per heavy atom. The molecule has 0 N–H and O–H groups in total. The molecule has 3 heterocycles. The fourth-order valence-electron chi connectivity index (χ4n) is 5.55. The van der Waals surface area contributed by atoms with Crippen LogP contribution in [0, 0.1) is 27.7 Å². The van der Waals surface area contributed by atoms with Crippen molar-refractivity contribution in [1.82, 2.24) is 23.9 Å². The van der Waals surface area contributed by atoms with Crippen LogP contribution in [-0.2, 0) is 0 Å². The summed E-state index contributed by atoms with van der Waals surface area (Å²) in [6, 6.07) is 31.7. The highest BCUT2D eigenvalue weighted by atomic mass is 15.2. The molecule has 0 aliphatic carbocycles. The van der Waals surface area contributed by atoms with Crippen LogP contribution in [0.15, 0.2) is 91.0 Å². The summed E-state index contributed by atoms with van der Waals surface area (Å²) in [6.45, 7) is 8.50. The number of aryl methyl sites for hydroxylation is 4. The number of rotatable bonds is 3. The summed E-state index contributed by atoms with van der Waals surface area (Å²) in [4.78, 5) is 15.4. The van der Waals surface area contributed by atoms with Gasteiger partial charge in [0.25, 0.3) is 0 Å². The van der Waals surface area contributed by atoms with Gasteiger partial charge in [-0.2, -0.15) is 0 Å². The van der Waals surface area contributed by atoms with Crippen LogP contribution in [0.4, 0.5) is 0 Å². The largest absolute Gasteiger partial charge is 0.276 e. The lowest BCUT2D eigenvalue weighted by molar-refractivity contribution is 1.02. The van der Waals surface area contributed by atoms with Gasteiger partial charge in [0.05, 0.1) is 27.8 Å². The normalized spacial score (nSPS) is 11.7. The molecule has 38 heavy (non-hydrogen) atoms. The van der Waals surface area contributed by atoms with E-state index >= 15 is 0 Å². The van der Waals surface area contributed by atoms with Crippen LogP contribution in [0.1, 0.15) is 22.3 Å². The van der Waals surface area contributed by atoms with E-state index in [1.54, 1.807) is 0 Å². The first-order valence-corrected chi connectivity index (χ1v) is 12.9. The molecule has 4 aromatic carbocycles. The maximum Gasteiger partial charge on any atom is 0.221 e. The van der Waals surface area contributed by atoms with E-state index in [9.17, 15) is 0 Å². The van der Waals surface area contributed by atoms with E-state index in [1.165, 1.54) is 16.7 Å². The minimum Gasteiger partial charge on any atom is -0.276 e. The highest BCUT2D eigenvalue weighted by Crippen LogP contribution is 2.33. The second-order valence-electron chi connectivity index (χ2n) is 10.1. The summed E-state index contributed by atoms with van der Waals surface area (Å²) in [6.07, 6.45) is 0. The third-order valence-electron chi connectivity index (χ3n) is 7.33. The fraction of sp³-hybridized carbons (Fsp3) is 0.121. The average molecular weight is 494 g/mol. The minimum atomic E-state index is 0.710. The average Bonchev–Trinajstić information content (AvgIpc) is 3.43. The predicted molar refractivity (Wildman–Crippen MR) is 155 cm³/mol. The molecule has 0 unspecified atom stereocenters. The molecule has 5 nitrogen and oxygen atoms in total. The van der Waals surface area contributed by atoms with E-state index in [-0.39, 0.29) is 0 Å². The van der Waals surface area contributed by atoms with Gasteiger partial charge in [-0.05, 0) is 63.1 Å². The number of benzene rings is 4. The number of para-hydroxylation sites is 4. The molecule has 5 heteroatoms. The predicted octanol–water partition coefficient (Wildman–Crippen LogP) is 7.79. The Bertz CT molecular complexity index is 1960. The maximum absolute atomic E-state index is 5.18. The third-order valence-corrected chi connectivity index (χ3v) is 7.33. The Balaban J connectivity index is 1.59. The van der Waals surface area contributed by atoms with Crippen LogP contribution in [0.3, 0.4) is 0 Å². The SMILES string of the molecule is Cc1ccc(-c2cc(-n3c4ccccc4n4c5ccccc5nc34)nc(-c3ccc(C)cc3C)n2)c(C)c1. The molecule has 0 spiro atoms. The van der Waals surface area contributed by atoms with Gasteiger partial charge in [0, 0.05) is 17.2 Å². The molecular formula is C33H27N5. The lowest BCUT2D eigenvalue weighted by atomic mass is 10.0. The molecule has 0 bridgehead atoms. The quantitative estimate of drug-likeness (QED) is 0.252. The molecule has 3 aromatic heterocycles. The summed E-state index contributed by atoms with van der Waals surface area (Å²) < 4.78 is 4.39. The first kappa shape index (κ1) is 22.4. The van der Waals surface area contributed by atoms with Gasteiger partial charge >= 0.3 is 0 Å². The number of nitrogens with zero attached hydrogens (tertiary/aromatic N) is 5. The molecule has 7 rings (SSSR count). The van der Waals surface area contributed by atoms with Crippen molar-refractivity contribution in [2.45, 2.75) is 27.7 Å². The monoisotopic (exact) mass is 493 g/mol. The summed E-state index contributed by atoms with van der Waals surface area (Å²) in [7, 11) is 0. The zero-order chi connectivity index (χ0) is 26.0. The Morgan fingerprint density at radius 1 is 0.553 bits per heavy atom. The molecule has 0 saturated heterocycles. The van der Waals surface area contributed by atoms with Crippen molar-refractivity contribution in [2.24, 2.45) is 0 Å². The van der Waals surface area contributed by atoms with Gasteiger partial charge in [0.2, 0.25) is 5.78 Å². The van der Waals surface area contributed by atoms with Crippen molar-refractivity contribution in [3.8, 4) is 28.5 Å². The lowest BCUT2D eigenvalue weighted by Gasteiger charge is -2.13. The van der Waals surface area contributed by atoms with Crippen molar-refractivity contribution in [1.29, 1.82) is 0 Å². The van der Waals surface area contributed by atoms with E-state index in [1.807, 2.05) is 6.07 Å². The number of aromatic nitrogens is 5. The van der Waals surface area contributed by atoms with Crippen LogP contribution in [-0.4, -0.2) is 23.9 Å². The van der Waals surface area contributed by atoms with E-state index in [0.717, 1.165) is 56.0 Å². The molecule has 0 amide bonds. The molecule has 0 saturated carbocycles. The van der Waals surface area contributed by atoms with Gasteiger partial charge in [0.15, 0.2) is 5.82 Å². The molecule has 0 atom stereocenters. The third kappa shape index (κ3) is 3.43. The van der Waals surface area contributed by atoms with E-state index in [4.69, 9.17) is 15.0 Å². The Kier molecular flexibility index (Phi) is 4.95. The number of fused-ring (bicyclic) bond motifs is 5. The topological polar surface area (TPSA) is 48.0 Å². The van der Waals surface area contributed by atoms with Gasteiger partial charge < -0.3 is 0 Å². The standard InChI is InChI=1S/C33H27N5/c1-20-13-15-24(22(3)17-20)27-19-31(36-32(34-27)25-16-14-21(2)18-23(25)4)38-30-12-8-7-11-29(30)37-28-10-6-5-9-26(28)35-33(37)38/h5-19H,1-4H3. The van der Waals surface area contributed by atoms with Crippen LogP contribution in [0.25, 0.3) is 56.3 Å². The molecule has 7 aromatic rings. The zero-order valence-corrected chi connectivity index (χ0v) is 21.9. The van der Waals surface area contributed by atoms with Crippen LogP contribution >= 0.6 is 0 Å². The number of hydrogen-bond acceptors (Lipinski definition) is 3. The first-order valence-electron chi connectivity index (χ1n) is 12.9. The Labute approximate surface area is 221 Å². The summed E-state index contributed by atoms with van der Waals surface area (Å²) >= 11 is 0. The van der Waals surface area contributed by atoms with Crippen molar-refractivity contribution in [2.75, 3.05) is 0 Å². The molecule has 0 radical (unpaired) electrons. The number of imidazole rings is 2. The van der Waals surface area contributed by atoms with Crippen LogP contribution < -0.4 is 0 Å². The molecular weight excluding hydrogens is 466 g/mol. The lowest BCUT2D eigenvalue weighted by Crippen LogP contribution is -2.04. The summed E-state index contributed by atoms with van der Waals surface area (Å²) in [5, 5.41) is 0. The van der Waals surface area contributed by atoms with Crippen molar-refractivity contribution >= 4 is 27.8 Å². The molecule has 184 valence electrons. The van der Waals surface area contributed by atoms with E-state index in [0.29, 0.717) is 5.82 Å². The Morgan fingerprint density at radius 2 is 1.18 bits per heavy atom. The van der Waals surface area contributed by atoms with Gasteiger partial charge in [-0.1, -0.05) is 71.8 Å². The Hall–Kier alpha value is -4.77. The van der Waals surface area contributed by atoms with Crippen molar-refractivity contribution in [3.63, 3.8) is 0 Å².